The van der Waals surface area contributed by atoms with E-state index in [1.807, 2.05) is 41.3 Å². The van der Waals surface area contributed by atoms with Crippen molar-refractivity contribution in [2.24, 2.45) is 5.73 Å². The number of nitrogens with zero attached hydrogens (tertiary/aromatic N) is 1. The van der Waals surface area contributed by atoms with Gasteiger partial charge in [-0.25, -0.2) is 0 Å². The van der Waals surface area contributed by atoms with Gasteiger partial charge in [0.15, 0.2) is 0 Å². The van der Waals surface area contributed by atoms with Crippen LogP contribution in [0.25, 0.3) is 0 Å². The number of carbonyl (C=O) groups is 3. The minimum Gasteiger partial charge on any atom is -0.352 e. The van der Waals surface area contributed by atoms with Crippen molar-refractivity contribution in [1.29, 1.82) is 0 Å². The van der Waals surface area contributed by atoms with Gasteiger partial charge in [-0.1, -0.05) is 35.9 Å². The molecule has 7 nitrogen and oxygen atoms in total. The first kappa shape index (κ1) is 21.8. The van der Waals surface area contributed by atoms with E-state index in [9.17, 15) is 14.4 Å². The van der Waals surface area contributed by atoms with E-state index in [2.05, 4.69) is 16.7 Å². The molecule has 0 saturated carbocycles. The Bertz CT molecular complexity index is 829. The Hall–Kier alpha value is -2.93. The van der Waals surface area contributed by atoms with Gasteiger partial charge in [-0.05, 0) is 37.0 Å². The lowest BCUT2D eigenvalue weighted by Crippen LogP contribution is -2.32. The molecule has 1 aromatic carbocycles. The molecule has 1 heterocycles. The predicted octanol–water partition coefficient (Wildman–Crippen LogP) is 1.47. The van der Waals surface area contributed by atoms with Crippen molar-refractivity contribution in [3.05, 3.63) is 59.2 Å². The maximum Gasteiger partial charge on any atom is 0.251 e. The summed E-state index contributed by atoms with van der Waals surface area (Å²) >= 11 is 0. The van der Waals surface area contributed by atoms with Crippen molar-refractivity contribution in [2.45, 2.75) is 31.6 Å². The van der Waals surface area contributed by atoms with E-state index in [1.54, 1.807) is 0 Å². The summed E-state index contributed by atoms with van der Waals surface area (Å²) in [7, 11) is 0. The number of nitrogens with two attached hydrogens (primary N) is 1. The van der Waals surface area contributed by atoms with Gasteiger partial charge in [-0.3, -0.25) is 14.4 Å². The first-order chi connectivity index (χ1) is 14.6. The van der Waals surface area contributed by atoms with Crippen LogP contribution in [0, 0.1) is 0 Å². The van der Waals surface area contributed by atoms with Gasteiger partial charge in [0.05, 0.1) is 6.54 Å². The van der Waals surface area contributed by atoms with E-state index in [-0.39, 0.29) is 30.2 Å². The van der Waals surface area contributed by atoms with Gasteiger partial charge < -0.3 is 21.3 Å². The number of benzene rings is 1. The van der Waals surface area contributed by atoms with Crippen molar-refractivity contribution in [2.75, 3.05) is 32.7 Å². The van der Waals surface area contributed by atoms with Crippen LogP contribution in [0.2, 0.25) is 0 Å². The van der Waals surface area contributed by atoms with Crippen LogP contribution < -0.4 is 16.4 Å². The summed E-state index contributed by atoms with van der Waals surface area (Å²) in [6.45, 7) is 2.58. The molecular weight excluding hydrogens is 380 g/mol. The molecule has 160 valence electrons. The Morgan fingerprint density at radius 3 is 2.67 bits per heavy atom. The smallest absolute Gasteiger partial charge is 0.251 e. The molecule has 3 rings (SSSR count). The molecule has 0 spiro atoms. The van der Waals surface area contributed by atoms with Gasteiger partial charge >= 0.3 is 0 Å². The van der Waals surface area contributed by atoms with Crippen LogP contribution >= 0.6 is 0 Å². The van der Waals surface area contributed by atoms with E-state index < -0.39 is 0 Å². The molecule has 1 aliphatic heterocycles. The van der Waals surface area contributed by atoms with Crippen molar-refractivity contribution in [3.8, 4) is 0 Å². The fourth-order valence-corrected chi connectivity index (χ4v) is 3.78. The summed E-state index contributed by atoms with van der Waals surface area (Å²) < 4.78 is 0. The van der Waals surface area contributed by atoms with E-state index >= 15 is 0 Å². The number of rotatable bonds is 9. The zero-order valence-electron chi connectivity index (χ0n) is 17.2. The van der Waals surface area contributed by atoms with Gasteiger partial charge in [0.25, 0.3) is 5.91 Å². The highest BCUT2D eigenvalue weighted by molar-refractivity contribution is 5.94. The SMILES string of the molecule is NCC(=O)NCC1=CC=CC(c2ccc(C(=O)NCCCN3CCCC3=O)cc2)C1. The minimum atomic E-state index is -0.163. The Morgan fingerprint density at radius 2 is 1.97 bits per heavy atom. The largest absolute Gasteiger partial charge is 0.352 e. The number of carbonyl (C=O) groups excluding carboxylic acids is 3. The van der Waals surface area contributed by atoms with Crippen LogP contribution in [0.5, 0.6) is 0 Å². The van der Waals surface area contributed by atoms with Gasteiger partial charge in [0, 0.05) is 44.1 Å². The van der Waals surface area contributed by atoms with Crippen LogP contribution in [0.1, 0.15) is 47.5 Å². The monoisotopic (exact) mass is 410 g/mol. The molecule has 0 bridgehead atoms. The average Bonchev–Trinajstić information content (AvgIpc) is 3.19. The highest BCUT2D eigenvalue weighted by Crippen LogP contribution is 2.28. The maximum absolute atomic E-state index is 12.4. The number of hydrogen-bond acceptors (Lipinski definition) is 4. The molecule has 2 aliphatic rings. The van der Waals surface area contributed by atoms with Crippen molar-refractivity contribution >= 4 is 17.7 Å². The Labute approximate surface area is 177 Å². The average molecular weight is 411 g/mol. The molecule has 1 saturated heterocycles. The van der Waals surface area contributed by atoms with E-state index in [1.165, 1.54) is 0 Å². The topological polar surface area (TPSA) is 105 Å². The Morgan fingerprint density at radius 1 is 1.17 bits per heavy atom. The summed E-state index contributed by atoms with van der Waals surface area (Å²) in [4.78, 5) is 37.2. The molecule has 1 unspecified atom stereocenters. The molecule has 3 amide bonds. The second-order valence-electron chi connectivity index (χ2n) is 7.72. The number of hydrogen-bond donors (Lipinski definition) is 3. The highest BCUT2D eigenvalue weighted by Gasteiger charge is 2.19. The van der Waals surface area contributed by atoms with Gasteiger partial charge in [0.2, 0.25) is 11.8 Å². The lowest BCUT2D eigenvalue weighted by Gasteiger charge is -2.19. The van der Waals surface area contributed by atoms with Crippen molar-refractivity contribution < 1.29 is 14.4 Å². The Balaban J connectivity index is 1.44. The third-order valence-corrected chi connectivity index (χ3v) is 5.52. The van der Waals surface area contributed by atoms with Crippen LogP contribution in [-0.2, 0) is 9.59 Å². The molecule has 7 heteroatoms. The van der Waals surface area contributed by atoms with E-state index in [0.717, 1.165) is 36.9 Å². The van der Waals surface area contributed by atoms with Crippen LogP contribution in [0.4, 0.5) is 0 Å². The number of amides is 3. The number of allylic oxidation sites excluding steroid dienone is 3. The third kappa shape index (κ3) is 6.03. The van der Waals surface area contributed by atoms with Gasteiger partial charge in [0.1, 0.15) is 0 Å². The van der Waals surface area contributed by atoms with Crippen molar-refractivity contribution in [3.63, 3.8) is 0 Å². The van der Waals surface area contributed by atoms with Gasteiger partial charge in [-0.15, -0.1) is 0 Å². The normalized spacial score (nSPS) is 18.3. The van der Waals surface area contributed by atoms with Crippen LogP contribution in [0.15, 0.2) is 48.1 Å². The lowest BCUT2D eigenvalue weighted by molar-refractivity contribution is -0.127. The summed E-state index contributed by atoms with van der Waals surface area (Å²) in [5, 5.41) is 5.73. The van der Waals surface area contributed by atoms with Crippen molar-refractivity contribution in [1.82, 2.24) is 15.5 Å². The molecule has 1 fully saturated rings. The molecule has 0 radical (unpaired) electrons. The summed E-state index contributed by atoms with van der Waals surface area (Å²) in [6, 6.07) is 7.65. The molecule has 1 atom stereocenters. The first-order valence-corrected chi connectivity index (χ1v) is 10.6. The Kier molecular flexibility index (Phi) is 7.79. The van der Waals surface area contributed by atoms with E-state index in [4.69, 9.17) is 5.73 Å². The molecular formula is C23H30N4O3. The molecule has 1 aliphatic carbocycles. The second-order valence-corrected chi connectivity index (χ2v) is 7.72. The third-order valence-electron chi connectivity index (χ3n) is 5.52. The fraction of sp³-hybridized carbons (Fsp3) is 0.435. The van der Waals surface area contributed by atoms with E-state index in [0.29, 0.717) is 31.6 Å². The lowest BCUT2D eigenvalue weighted by atomic mass is 9.88. The zero-order chi connectivity index (χ0) is 21.3. The number of nitrogens with one attached hydrogen (secondary N) is 2. The van der Waals surface area contributed by atoms with Crippen LogP contribution in [0.3, 0.4) is 0 Å². The van der Waals surface area contributed by atoms with Gasteiger partial charge in [-0.2, -0.15) is 0 Å². The highest BCUT2D eigenvalue weighted by atomic mass is 16.2. The predicted molar refractivity (Wildman–Crippen MR) is 116 cm³/mol. The minimum absolute atomic E-state index is 0.00749. The van der Waals surface area contributed by atoms with Crippen LogP contribution in [-0.4, -0.2) is 55.3 Å². The molecule has 4 N–H and O–H groups in total. The fourth-order valence-electron chi connectivity index (χ4n) is 3.78. The summed E-state index contributed by atoms with van der Waals surface area (Å²) in [5.74, 6) is 0.172. The standard InChI is InChI=1S/C23H30N4O3/c24-15-21(28)26-16-17-4-1-5-20(14-17)18-7-9-19(10-8-18)23(30)25-11-3-13-27-12-2-6-22(27)29/h1,4-5,7-10,20H,2-3,6,11-16,24H2,(H,25,30)(H,26,28). The quantitative estimate of drug-likeness (QED) is 0.536. The maximum atomic E-state index is 12.4. The first-order valence-electron chi connectivity index (χ1n) is 10.6. The summed E-state index contributed by atoms with van der Waals surface area (Å²) in [6.07, 6.45) is 9.32. The molecule has 30 heavy (non-hydrogen) atoms. The molecule has 1 aromatic rings. The summed E-state index contributed by atoms with van der Waals surface area (Å²) in [5.41, 5.74) is 8.22. The zero-order valence-corrected chi connectivity index (χ0v) is 17.2. The number of likely N-dealkylation sites (tertiary alicyclic amines) is 1. The molecule has 0 aromatic heterocycles. The second kappa shape index (κ2) is 10.7.